The molecule has 4 aromatic rings. The average molecular weight is 510 g/mol. The summed E-state index contributed by atoms with van der Waals surface area (Å²) in [7, 11) is -0.914. The molecule has 2 aromatic heterocycles. The van der Waals surface area contributed by atoms with Crippen molar-refractivity contribution in [1.82, 2.24) is 24.7 Å². The molecule has 2 heterocycles. The van der Waals surface area contributed by atoms with Crippen LogP contribution in [-0.4, -0.2) is 57.7 Å². The van der Waals surface area contributed by atoms with Crippen LogP contribution in [0.3, 0.4) is 0 Å². The number of methoxy groups -OCH3 is 2. The number of ether oxygens (including phenoxy) is 2. The van der Waals surface area contributed by atoms with Crippen molar-refractivity contribution in [3.05, 3.63) is 78.1 Å². The zero-order chi connectivity index (χ0) is 25.9. The van der Waals surface area contributed by atoms with Crippen LogP contribution in [0.25, 0.3) is 17.1 Å². The van der Waals surface area contributed by atoms with E-state index in [1.54, 1.807) is 29.7 Å². The van der Waals surface area contributed by atoms with Gasteiger partial charge in [0.25, 0.3) is 0 Å². The van der Waals surface area contributed by atoms with Gasteiger partial charge in [-0.1, -0.05) is 36.4 Å². The zero-order valence-corrected chi connectivity index (χ0v) is 21.2. The van der Waals surface area contributed by atoms with E-state index in [-0.39, 0.29) is 11.6 Å². The predicted octanol–water partition coefficient (Wildman–Crippen LogP) is 3.09. The topological polar surface area (TPSA) is 129 Å². The van der Waals surface area contributed by atoms with Crippen LogP contribution >= 0.6 is 0 Å². The number of aromatic nitrogens is 5. The van der Waals surface area contributed by atoms with Crippen LogP contribution < -0.4 is 9.47 Å². The van der Waals surface area contributed by atoms with Gasteiger partial charge in [0.05, 0.1) is 19.5 Å². The fraction of sp³-hybridized carbons (Fsp3) is 0.280. The van der Waals surface area contributed by atoms with Crippen molar-refractivity contribution in [2.75, 3.05) is 14.2 Å². The fourth-order valence-corrected chi connectivity index (χ4v) is 5.07. The molecular weight excluding hydrogens is 482 g/mol. The lowest BCUT2D eigenvalue weighted by Crippen LogP contribution is -2.29. The van der Waals surface area contributed by atoms with Gasteiger partial charge in [0.2, 0.25) is 0 Å². The van der Waals surface area contributed by atoms with Crippen LogP contribution in [0.4, 0.5) is 0 Å². The molecule has 0 unspecified atom stereocenters. The summed E-state index contributed by atoms with van der Waals surface area (Å²) in [5, 5.41) is 18.1. The quantitative estimate of drug-likeness (QED) is 0.362. The van der Waals surface area contributed by atoms with E-state index in [1.165, 1.54) is 33.5 Å². The van der Waals surface area contributed by atoms with Gasteiger partial charge in [-0.05, 0) is 31.5 Å². The first kappa shape index (κ1) is 25.3. The minimum absolute atomic E-state index is 0.0366. The Morgan fingerprint density at radius 1 is 0.944 bits per heavy atom. The third-order valence-corrected chi connectivity index (χ3v) is 7.85. The molecule has 0 radical (unpaired) electrons. The predicted molar refractivity (Wildman–Crippen MR) is 134 cm³/mol. The van der Waals surface area contributed by atoms with Crippen molar-refractivity contribution in [3.8, 4) is 28.6 Å². The minimum atomic E-state index is -3.94. The van der Waals surface area contributed by atoms with Gasteiger partial charge in [-0.15, -0.1) is 10.2 Å². The van der Waals surface area contributed by atoms with Crippen LogP contribution in [0.15, 0.2) is 60.9 Å². The van der Waals surface area contributed by atoms with Crippen LogP contribution in [0.1, 0.15) is 30.2 Å². The monoisotopic (exact) mass is 509 g/mol. The van der Waals surface area contributed by atoms with Gasteiger partial charge >= 0.3 is 0 Å². The Bertz CT molecular complexity index is 1420. The van der Waals surface area contributed by atoms with Crippen molar-refractivity contribution >= 4 is 9.84 Å². The maximum atomic E-state index is 13.5. The molecule has 0 aliphatic rings. The normalized spacial score (nSPS) is 13.2. The van der Waals surface area contributed by atoms with Crippen LogP contribution in [-0.2, 0) is 15.6 Å². The highest BCUT2D eigenvalue weighted by molar-refractivity contribution is 7.91. The molecule has 10 nitrogen and oxygen atoms in total. The van der Waals surface area contributed by atoms with Crippen molar-refractivity contribution in [1.29, 1.82) is 0 Å². The highest BCUT2D eigenvalue weighted by Gasteiger charge is 2.34. The third-order valence-electron chi connectivity index (χ3n) is 5.79. The molecule has 2 aromatic carbocycles. The maximum Gasteiger partial charge on any atom is 0.168 e. The second-order valence-corrected chi connectivity index (χ2v) is 10.6. The molecule has 4 rings (SSSR count). The average Bonchev–Trinajstić information content (AvgIpc) is 3.30. The van der Waals surface area contributed by atoms with Crippen LogP contribution in [0.2, 0.25) is 0 Å². The Labute approximate surface area is 209 Å². The van der Waals surface area contributed by atoms with E-state index in [2.05, 4.69) is 20.2 Å². The van der Waals surface area contributed by atoms with Gasteiger partial charge in [0.1, 0.15) is 29.0 Å². The summed E-state index contributed by atoms with van der Waals surface area (Å²) in [6.45, 7) is 3.23. The number of aliphatic hydroxyl groups excluding tert-OH is 1. The number of aryl methyl sites for hydroxylation is 1. The molecule has 11 heteroatoms. The van der Waals surface area contributed by atoms with Crippen molar-refractivity contribution in [2.45, 2.75) is 31.0 Å². The first-order chi connectivity index (χ1) is 17.3. The first-order valence-electron chi connectivity index (χ1n) is 11.2. The van der Waals surface area contributed by atoms with E-state index < -0.39 is 26.9 Å². The van der Waals surface area contributed by atoms with Gasteiger partial charge in [-0.3, -0.25) is 4.57 Å². The molecule has 36 heavy (non-hydrogen) atoms. The molecule has 0 bridgehead atoms. The lowest BCUT2D eigenvalue weighted by Gasteiger charge is -2.20. The van der Waals surface area contributed by atoms with Gasteiger partial charge in [-0.25, -0.2) is 18.4 Å². The second-order valence-electron chi connectivity index (χ2n) is 8.23. The van der Waals surface area contributed by atoms with Crippen molar-refractivity contribution < 1.29 is 23.0 Å². The van der Waals surface area contributed by atoms with Gasteiger partial charge in [0, 0.05) is 18.0 Å². The Morgan fingerprint density at radius 2 is 1.56 bits per heavy atom. The smallest absolute Gasteiger partial charge is 0.168 e. The summed E-state index contributed by atoms with van der Waals surface area (Å²) in [6.07, 6.45) is 1.64. The molecule has 0 aliphatic carbocycles. The molecular formula is C25H27N5O5S. The number of hydrogen-bond acceptors (Lipinski definition) is 9. The van der Waals surface area contributed by atoms with Gasteiger partial charge < -0.3 is 14.6 Å². The van der Waals surface area contributed by atoms with E-state index in [0.29, 0.717) is 23.0 Å². The molecule has 0 saturated heterocycles. The van der Waals surface area contributed by atoms with Gasteiger partial charge in [0.15, 0.2) is 27.3 Å². The number of aliphatic hydroxyl groups is 1. The van der Waals surface area contributed by atoms with E-state index >= 15 is 0 Å². The molecule has 188 valence electrons. The van der Waals surface area contributed by atoms with Crippen LogP contribution in [0.5, 0.6) is 11.5 Å². The summed E-state index contributed by atoms with van der Waals surface area (Å²) in [4.78, 5) is 8.16. The van der Waals surface area contributed by atoms with Crippen molar-refractivity contribution in [2.24, 2.45) is 0 Å². The molecule has 0 amide bonds. The van der Waals surface area contributed by atoms with E-state index in [1.807, 2.05) is 30.3 Å². The largest absolute Gasteiger partial charge is 0.494 e. The third kappa shape index (κ3) is 4.93. The number of sulfone groups is 1. The number of para-hydroxylation sites is 1. The molecule has 0 aliphatic heterocycles. The SMILES string of the molecule is COc1cccc(OC)c1-n1c(CS(=O)(=O)[C@@H](C)[C@H](O)c2ncc(C)cn2)nnc1-c1ccccc1. The van der Waals surface area contributed by atoms with Crippen LogP contribution in [0, 0.1) is 6.92 Å². The highest BCUT2D eigenvalue weighted by Crippen LogP contribution is 2.37. The summed E-state index contributed by atoms with van der Waals surface area (Å²) in [5.41, 5.74) is 1.99. The lowest BCUT2D eigenvalue weighted by atomic mass is 10.2. The van der Waals surface area contributed by atoms with Gasteiger partial charge in [-0.2, -0.15) is 0 Å². The molecule has 0 saturated carbocycles. The fourth-order valence-electron chi connectivity index (χ4n) is 3.74. The number of rotatable bonds is 9. The molecule has 2 atom stereocenters. The number of nitrogens with zero attached hydrogens (tertiary/aromatic N) is 5. The second kappa shape index (κ2) is 10.4. The lowest BCUT2D eigenvalue weighted by molar-refractivity contribution is 0.166. The molecule has 1 N–H and O–H groups in total. The van der Waals surface area contributed by atoms with Crippen molar-refractivity contribution in [3.63, 3.8) is 0 Å². The van der Waals surface area contributed by atoms with E-state index in [4.69, 9.17) is 9.47 Å². The Kier molecular flexibility index (Phi) is 7.32. The Morgan fingerprint density at radius 3 is 2.14 bits per heavy atom. The summed E-state index contributed by atoms with van der Waals surface area (Å²) >= 11 is 0. The summed E-state index contributed by atoms with van der Waals surface area (Å²) in [6, 6.07) is 14.5. The highest BCUT2D eigenvalue weighted by atomic mass is 32.2. The Hall–Kier alpha value is -3.83. The number of benzene rings is 2. The minimum Gasteiger partial charge on any atom is -0.494 e. The number of hydrogen-bond donors (Lipinski definition) is 1. The Balaban J connectivity index is 1.81. The molecule has 0 spiro atoms. The van der Waals surface area contributed by atoms with E-state index in [0.717, 1.165) is 11.1 Å². The zero-order valence-electron chi connectivity index (χ0n) is 20.4. The first-order valence-corrected chi connectivity index (χ1v) is 12.9. The van der Waals surface area contributed by atoms with E-state index in [9.17, 15) is 13.5 Å². The summed E-state index contributed by atoms with van der Waals surface area (Å²) < 4.78 is 39.7. The standard InChI is InChI=1S/C25H27N5O5S/c1-16-13-26-24(27-14-16)23(31)17(2)36(32,33)15-21-28-29-25(18-9-6-5-7-10-18)30(21)22-19(34-3)11-8-12-20(22)35-4/h5-14,17,23,31H,15H2,1-4H3/t17-,23-/m0/s1. The molecule has 0 fully saturated rings. The summed E-state index contributed by atoms with van der Waals surface area (Å²) in [5.74, 6) is 0.990. The maximum absolute atomic E-state index is 13.5.